The number of nitrogens with zero attached hydrogens (tertiary/aromatic N) is 1. The van der Waals surface area contributed by atoms with Crippen LogP contribution in [0.5, 0.6) is 0 Å². The van der Waals surface area contributed by atoms with Crippen LogP contribution >= 0.6 is 11.6 Å². The maximum absolute atomic E-state index is 14.6. The van der Waals surface area contributed by atoms with Crippen molar-refractivity contribution in [3.63, 3.8) is 0 Å². The highest BCUT2D eigenvalue weighted by Gasteiger charge is 2.80. The van der Waals surface area contributed by atoms with Gasteiger partial charge in [0.15, 0.2) is 0 Å². The Hall–Kier alpha value is -3.72. The minimum atomic E-state index is -1.27. The van der Waals surface area contributed by atoms with Crippen molar-refractivity contribution in [2.24, 2.45) is 17.8 Å². The topological polar surface area (TPSA) is 108 Å². The molecule has 218 valence electrons. The number of rotatable bonds is 8. The summed E-state index contributed by atoms with van der Waals surface area (Å²) >= 11 is 6.39. The number of benzene rings is 3. The summed E-state index contributed by atoms with van der Waals surface area (Å²) < 4.78 is 6.80. The molecule has 3 aliphatic heterocycles. The lowest BCUT2D eigenvalue weighted by atomic mass is 9.62. The zero-order valence-electron chi connectivity index (χ0n) is 23.5. The van der Waals surface area contributed by atoms with Crippen LogP contribution in [-0.2, 0) is 25.7 Å². The highest BCUT2D eigenvalue weighted by molar-refractivity contribution is 6.33. The van der Waals surface area contributed by atoms with E-state index in [2.05, 4.69) is 10.6 Å². The zero-order valence-corrected chi connectivity index (χ0v) is 24.3. The van der Waals surface area contributed by atoms with Crippen LogP contribution in [-0.4, -0.2) is 51.6 Å². The van der Waals surface area contributed by atoms with E-state index in [9.17, 15) is 19.5 Å². The number of carbonyl (C=O) groups is 3. The number of fused-ring (bicyclic) bond motifs is 1. The fourth-order valence-electron chi connectivity index (χ4n) is 7.40. The first-order valence-corrected chi connectivity index (χ1v) is 14.6. The van der Waals surface area contributed by atoms with E-state index in [-0.39, 0.29) is 17.7 Å². The summed E-state index contributed by atoms with van der Waals surface area (Å²) in [5, 5.41) is 16.9. The zero-order chi connectivity index (χ0) is 29.6. The molecule has 2 bridgehead atoms. The number of carbonyl (C=O) groups excluding carboxylic acids is 3. The van der Waals surface area contributed by atoms with E-state index in [1.807, 2.05) is 74.5 Å². The number of ether oxygens (including phenoxy) is 1. The molecule has 1 spiro atoms. The molecule has 3 heterocycles. The first-order valence-electron chi connectivity index (χ1n) is 14.3. The summed E-state index contributed by atoms with van der Waals surface area (Å²) in [5.41, 5.74) is -0.214. The summed E-state index contributed by atoms with van der Waals surface area (Å²) in [7, 11) is 0. The maximum atomic E-state index is 14.6. The Kier molecular flexibility index (Phi) is 7.33. The van der Waals surface area contributed by atoms with Crippen molar-refractivity contribution in [3.8, 4) is 0 Å². The molecule has 3 N–H and O–H groups in total. The smallest absolute Gasteiger partial charge is 0.250 e. The molecule has 0 saturated carbocycles. The summed E-state index contributed by atoms with van der Waals surface area (Å²) in [6, 6.07) is 23.6. The molecular formula is C33H34ClN3O5. The number of aliphatic hydroxyl groups excluding tert-OH is 1. The Morgan fingerprint density at radius 2 is 1.67 bits per heavy atom. The molecule has 3 aromatic rings. The number of para-hydroxylation sites is 1. The van der Waals surface area contributed by atoms with E-state index < -0.39 is 47.6 Å². The standard InChI is InChI=1S/C33H34ClN3O5/c1-20-17-33-27(26(32(20,2)42-33)29(39)35-18-21-11-5-3-6-12-21)31(41)37(25(19-38)22-13-7-4-8-14-22)28(33)30(40)36-24-16-10-9-15-23(24)34/h3-16,20,25-28,38H,17-19H2,1-2H3,(H,35,39)(H,36,40)/t20?,25-,26+,27+,28?,32-,33?/m1/s1. The number of aliphatic hydroxyl groups is 1. The van der Waals surface area contributed by atoms with Crippen molar-refractivity contribution < 1.29 is 24.2 Å². The van der Waals surface area contributed by atoms with Crippen molar-refractivity contribution in [2.45, 2.75) is 50.1 Å². The van der Waals surface area contributed by atoms with Gasteiger partial charge in [-0.2, -0.15) is 0 Å². The van der Waals surface area contributed by atoms with E-state index in [4.69, 9.17) is 16.3 Å². The molecule has 3 saturated heterocycles. The van der Waals surface area contributed by atoms with Gasteiger partial charge in [-0.3, -0.25) is 14.4 Å². The Morgan fingerprint density at radius 3 is 2.33 bits per heavy atom. The van der Waals surface area contributed by atoms with Crippen LogP contribution in [0.25, 0.3) is 0 Å². The number of anilines is 1. The van der Waals surface area contributed by atoms with Gasteiger partial charge in [0, 0.05) is 6.54 Å². The fourth-order valence-corrected chi connectivity index (χ4v) is 7.58. The van der Waals surface area contributed by atoms with E-state index >= 15 is 0 Å². The van der Waals surface area contributed by atoms with Gasteiger partial charge in [0.1, 0.15) is 11.6 Å². The summed E-state index contributed by atoms with van der Waals surface area (Å²) in [6.45, 7) is 3.77. The second kappa shape index (κ2) is 10.8. The third-order valence-electron chi connectivity index (χ3n) is 9.42. The summed E-state index contributed by atoms with van der Waals surface area (Å²) in [5.74, 6) is -3.00. The van der Waals surface area contributed by atoms with Crippen molar-refractivity contribution in [3.05, 3.63) is 101 Å². The largest absolute Gasteiger partial charge is 0.394 e. The number of hydrogen-bond donors (Lipinski definition) is 3. The second-order valence-electron chi connectivity index (χ2n) is 11.7. The van der Waals surface area contributed by atoms with Crippen molar-refractivity contribution in [2.75, 3.05) is 11.9 Å². The molecule has 3 unspecified atom stereocenters. The van der Waals surface area contributed by atoms with Crippen LogP contribution in [0.1, 0.15) is 37.4 Å². The Balaban J connectivity index is 1.42. The molecule has 0 radical (unpaired) electrons. The third-order valence-corrected chi connectivity index (χ3v) is 9.75. The van der Waals surface area contributed by atoms with E-state index in [0.29, 0.717) is 29.2 Å². The van der Waals surface area contributed by atoms with Gasteiger partial charge in [0.05, 0.1) is 40.8 Å². The SMILES string of the molecule is CC1CC23O[C@@]1(C)[C@H](C(=O)NCc1ccccc1)[C@H]2C(=O)N([C@H](CO)c1ccccc1)C3C(=O)Nc1ccccc1Cl. The molecule has 3 aliphatic rings. The summed E-state index contributed by atoms with van der Waals surface area (Å²) in [6.07, 6.45) is 0.409. The van der Waals surface area contributed by atoms with Crippen LogP contribution in [0, 0.1) is 17.8 Å². The van der Waals surface area contributed by atoms with Gasteiger partial charge < -0.3 is 25.4 Å². The molecule has 42 heavy (non-hydrogen) atoms. The molecule has 8 nitrogen and oxygen atoms in total. The van der Waals surface area contributed by atoms with Gasteiger partial charge in [0.2, 0.25) is 17.7 Å². The number of halogens is 1. The monoisotopic (exact) mass is 587 g/mol. The Labute approximate surface area is 250 Å². The number of likely N-dealkylation sites (tertiary alicyclic amines) is 1. The van der Waals surface area contributed by atoms with Crippen LogP contribution in [0.15, 0.2) is 84.9 Å². The highest BCUT2D eigenvalue weighted by Crippen LogP contribution is 2.66. The lowest BCUT2D eigenvalue weighted by Crippen LogP contribution is -2.55. The number of amides is 3. The van der Waals surface area contributed by atoms with E-state index in [0.717, 1.165) is 5.56 Å². The molecule has 6 rings (SSSR count). The average Bonchev–Trinajstić information content (AvgIpc) is 3.51. The second-order valence-corrected chi connectivity index (χ2v) is 12.1. The minimum Gasteiger partial charge on any atom is -0.394 e. The van der Waals surface area contributed by atoms with Crippen LogP contribution in [0.3, 0.4) is 0 Å². The fraction of sp³-hybridized carbons (Fsp3) is 0.364. The van der Waals surface area contributed by atoms with E-state index in [1.165, 1.54) is 4.90 Å². The maximum Gasteiger partial charge on any atom is 0.250 e. The third kappa shape index (κ3) is 4.40. The lowest BCUT2D eigenvalue weighted by Gasteiger charge is -2.37. The number of nitrogens with one attached hydrogen (secondary N) is 2. The molecule has 3 aromatic carbocycles. The molecule has 3 fully saturated rings. The average molecular weight is 588 g/mol. The highest BCUT2D eigenvalue weighted by atomic mass is 35.5. The van der Waals surface area contributed by atoms with Crippen LogP contribution in [0.2, 0.25) is 5.02 Å². The predicted molar refractivity (Wildman–Crippen MR) is 158 cm³/mol. The van der Waals surface area contributed by atoms with Gasteiger partial charge in [-0.1, -0.05) is 91.3 Å². The molecule has 0 aliphatic carbocycles. The normalized spacial score (nSPS) is 30.2. The molecular weight excluding hydrogens is 554 g/mol. The quantitative estimate of drug-likeness (QED) is 0.363. The van der Waals surface area contributed by atoms with Crippen LogP contribution < -0.4 is 10.6 Å². The van der Waals surface area contributed by atoms with Gasteiger partial charge in [-0.25, -0.2) is 0 Å². The Bertz CT molecular complexity index is 1500. The minimum absolute atomic E-state index is 0.117. The van der Waals surface area contributed by atoms with Gasteiger partial charge in [-0.05, 0) is 42.5 Å². The molecule has 7 atom stereocenters. The van der Waals surface area contributed by atoms with Gasteiger partial charge in [0.25, 0.3) is 0 Å². The molecule has 3 amide bonds. The Morgan fingerprint density at radius 1 is 1.02 bits per heavy atom. The first-order chi connectivity index (χ1) is 20.2. The van der Waals surface area contributed by atoms with Crippen molar-refractivity contribution in [1.29, 1.82) is 0 Å². The van der Waals surface area contributed by atoms with Crippen molar-refractivity contribution >= 4 is 35.0 Å². The lowest BCUT2D eigenvalue weighted by molar-refractivity contribution is -0.149. The first kappa shape index (κ1) is 28.4. The van der Waals surface area contributed by atoms with Crippen LogP contribution in [0.4, 0.5) is 5.69 Å². The molecule has 0 aromatic heterocycles. The van der Waals surface area contributed by atoms with Gasteiger partial charge in [-0.15, -0.1) is 0 Å². The molecule has 9 heteroatoms. The van der Waals surface area contributed by atoms with Crippen molar-refractivity contribution in [1.82, 2.24) is 10.2 Å². The predicted octanol–water partition coefficient (Wildman–Crippen LogP) is 4.34. The van der Waals surface area contributed by atoms with E-state index in [1.54, 1.807) is 24.3 Å². The van der Waals surface area contributed by atoms with Gasteiger partial charge >= 0.3 is 0 Å². The summed E-state index contributed by atoms with van der Waals surface area (Å²) in [4.78, 5) is 44.2. The number of hydrogen-bond acceptors (Lipinski definition) is 5.